The van der Waals surface area contributed by atoms with Crippen LogP contribution in [-0.4, -0.2) is 35.4 Å². The minimum atomic E-state index is 0.157. The Morgan fingerprint density at radius 2 is 1.67 bits per heavy atom. The summed E-state index contributed by atoms with van der Waals surface area (Å²) >= 11 is 1.52. The Hall–Kier alpha value is -1.29. The molecule has 116 valence electrons. The summed E-state index contributed by atoms with van der Waals surface area (Å²) < 4.78 is 0. The second-order valence-electron chi connectivity index (χ2n) is 5.40. The van der Waals surface area contributed by atoms with E-state index in [-0.39, 0.29) is 11.7 Å². The fourth-order valence-corrected chi connectivity index (χ4v) is 2.84. The molecule has 0 spiro atoms. The molecule has 1 aromatic carbocycles. The third-order valence-electron chi connectivity index (χ3n) is 3.25. The summed E-state index contributed by atoms with van der Waals surface area (Å²) in [5, 5.41) is 0. The molecule has 1 amide bonds. The van der Waals surface area contributed by atoms with Gasteiger partial charge in [0.25, 0.3) is 0 Å². The number of thioether (sulfide) groups is 1. The molecule has 0 aliphatic heterocycles. The summed E-state index contributed by atoms with van der Waals surface area (Å²) in [5.74, 6) is 1.16. The van der Waals surface area contributed by atoms with E-state index in [2.05, 4.69) is 0 Å². The van der Waals surface area contributed by atoms with Crippen LogP contribution in [-0.2, 0) is 4.79 Å². The Kier molecular flexibility index (Phi) is 7.51. The van der Waals surface area contributed by atoms with Crippen molar-refractivity contribution in [2.24, 2.45) is 5.92 Å². The van der Waals surface area contributed by atoms with E-state index in [1.807, 2.05) is 56.9 Å². The van der Waals surface area contributed by atoms with Gasteiger partial charge in [0.1, 0.15) is 0 Å². The zero-order valence-corrected chi connectivity index (χ0v) is 14.2. The van der Waals surface area contributed by atoms with Crippen molar-refractivity contribution in [2.45, 2.75) is 39.0 Å². The molecule has 0 heterocycles. The van der Waals surface area contributed by atoms with Gasteiger partial charge in [-0.2, -0.15) is 0 Å². The van der Waals surface area contributed by atoms with Gasteiger partial charge >= 0.3 is 0 Å². The summed E-state index contributed by atoms with van der Waals surface area (Å²) in [6.45, 7) is 9.56. The van der Waals surface area contributed by atoms with Gasteiger partial charge in [0.15, 0.2) is 5.78 Å². The highest BCUT2D eigenvalue weighted by atomic mass is 32.2. The number of hydrogen-bond acceptors (Lipinski definition) is 3. The molecule has 0 saturated carbocycles. The van der Waals surface area contributed by atoms with E-state index in [9.17, 15) is 9.59 Å². The molecule has 0 bridgehead atoms. The third-order valence-corrected chi connectivity index (χ3v) is 4.25. The first-order valence-electron chi connectivity index (χ1n) is 7.51. The molecule has 0 aromatic heterocycles. The molecule has 1 rings (SSSR count). The van der Waals surface area contributed by atoms with Crippen LogP contribution in [0.5, 0.6) is 0 Å². The standard InChI is InChI=1S/C17H25NO2S/c1-5-18(6-2)17(20)12-21-15-9-7-14(8-10-15)16(19)11-13(3)4/h7-10,13H,5-6,11-12H2,1-4H3. The first-order valence-corrected chi connectivity index (χ1v) is 8.50. The molecule has 3 nitrogen and oxygen atoms in total. The SMILES string of the molecule is CCN(CC)C(=O)CSc1ccc(C(=O)CC(C)C)cc1. The molecule has 0 unspecified atom stereocenters. The number of rotatable bonds is 8. The van der Waals surface area contributed by atoms with Crippen LogP contribution in [0, 0.1) is 5.92 Å². The van der Waals surface area contributed by atoms with Gasteiger partial charge in [-0.05, 0) is 31.9 Å². The van der Waals surface area contributed by atoms with Gasteiger partial charge in [0, 0.05) is 30.0 Å². The van der Waals surface area contributed by atoms with Crippen molar-refractivity contribution in [3.05, 3.63) is 29.8 Å². The summed E-state index contributed by atoms with van der Waals surface area (Å²) in [7, 11) is 0. The van der Waals surface area contributed by atoms with Crippen molar-refractivity contribution >= 4 is 23.5 Å². The van der Waals surface area contributed by atoms with E-state index in [1.165, 1.54) is 11.8 Å². The van der Waals surface area contributed by atoms with E-state index in [4.69, 9.17) is 0 Å². The first kappa shape index (κ1) is 17.8. The molecule has 4 heteroatoms. The Morgan fingerprint density at radius 3 is 2.14 bits per heavy atom. The van der Waals surface area contributed by atoms with Crippen molar-refractivity contribution in [1.29, 1.82) is 0 Å². The Bertz CT molecular complexity index is 464. The Morgan fingerprint density at radius 1 is 1.10 bits per heavy atom. The maximum atomic E-state index is 11.9. The lowest BCUT2D eigenvalue weighted by Gasteiger charge is -2.18. The summed E-state index contributed by atoms with van der Waals surface area (Å²) in [6.07, 6.45) is 0.576. The highest BCUT2D eigenvalue weighted by Crippen LogP contribution is 2.20. The van der Waals surface area contributed by atoms with Crippen molar-refractivity contribution < 1.29 is 9.59 Å². The van der Waals surface area contributed by atoms with Crippen LogP contribution in [0.1, 0.15) is 44.5 Å². The monoisotopic (exact) mass is 307 g/mol. The van der Waals surface area contributed by atoms with Crippen LogP contribution in [0.2, 0.25) is 0 Å². The highest BCUT2D eigenvalue weighted by molar-refractivity contribution is 8.00. The predicted molar refractivity (Wildman–Crippen MR) is 88.9 cm³/mol. The minimum Gasteiger partial charge on any atom is -0.343 e. The number of benzene rings is 1. The lowest BCUT2D eigenvalue weighted by Crippen LogP contribution is -2.31. The molecular weight excluding hydrogens is 282 g/mol. The normalized spacial score (nSPS) is 10.7. The van der Waals surface area contributed by atoms with Crippen LogP contribution >= 0.6 is 11.8 Å². The van der Waals surface area contributed by atoms with E-state index in [1.54, 1.807) is 0 Å². The second kappa shape index (κ2) is 8.88. The van der Waals surface area contributed by atoms with E-state index in [0.717, 1.165) is 23.5 Å². The first-order chi connectivity index (χ1) is 9.97. The molecule has 0 radical (unpaired) electrons. The van der Waals surface area contributed by atoms with Crippen molar-refractivity contribution in [3.8, 4) is 0 Å². The number of carbonyl (C=O) groups is 2. The Labute approximate surface area is 132 Å². The molecule has 0 saturated heterocycles. The fraction of sp³-hybridized carbons (Fsp3) is 0.529. The number of amides is 1. The van der Waals surface area contributed by atoms with E-state index >= 15 is 0 Å². The lowest BCUT2D eigenvalue weighted by molar-refractivity contribution is -0.127. The quantitative estimate of drug-likeness (QED) is 0.540. The van der Waals surface area contributed by atoms with E-state index in [0.29, 0.717) is 18.1 Å². The van der Waals surface area contributed by atoms with Gasteiger partial charge < -0.3 is 4.90 Å². The lowest BCUT2D eigenvalue weighted by atomic mass is 10.0. The van der Waals surface area contributed by atoms with Crippen LogP contribution in [0.4, 0.5) is 0 Å². The molecule has 0 aliphatic rings. The zero-order chi connectivity index (χ0) is 15.8. The maximum absolute atomic E-state index is 11.9. The molecule has 21 heavy (non-hydrogen) atoms. The molecule has 1 aromatic rings. The Balaban J connectivity index is 2.55. The van der Waals surface area contributed by atoms with Crippen molar-refractivity contribution in [2.75, 3.05) is 18.8 Å². The van der Waals surface area contributed by atoms with Crippen LogP contribution in [0.25, 0.3) is 0 Å². The van der Waals surface area contributed by atoms with Gasteiger partial charge in [0.2, 0.25) is 5.91 Å². The van der Waals surface area contributed by atoms with Gasteiger partial charge in [-0.1, -0.05) is 26.0 Å². The molecule has 0 atom stereocenters. The van der Waals surface area contributed by atoms with E-state index < -0.39 is 0 Å². The average molecular weight is 307 g/mol. The minimum absolute atomic E-state index is 0.157. The van der Waals surface area contributed by atoms with Gasteiger partial charge in [0.05, 0.1) is 5.75 Å². The second-order valence-corrected chi connectivity index (χ2v) is 6.45. The van der Waals surface area contributed by atoms with Crippen LogP contribution in [0.3, 0.4) is 0 Å². The molecule has 0 fully saturated rings. The zero-order valence-electron chi connectivity index (χ0n) is 13.4. The highest BCUT2D eigenvalue weighted by Gasteiger charge is 2.11. The third kappa shape index (κ3) is 5.92. The topological polar surface area (TPSA) is 37.4 Å². The average Bonchev–Trinajstić information content (AvgIpc) is 2.46. The number of ketones is 1. The van der Waals surface area contributed by atoms with Crippen LogP contribution < -0.4 is 0 Å². The summed E-state index contributed by atoms with van der Waals surface area (Å²) in [4.78, 5) is 26.7. The van der Waals surface area contributed by atoms with Gasteiger partial charge in [-0.15, -0.1) is 11.8 Å². The number of carbonyl (C=O) groups excluding carboxylic acids is 2. The molecule has 0 aliphatic carbocycles. The van der Waals surface area contributed by atoms with Crippen LogP contribution in [0.15, 0.2) is 29.2 Å². The number of nitrogens with zero attached hydrogens (tertiary/aromatic N) is 1. The molecule has 0 N–H and O–H groups in total. The largest absolute Gasteiger partial charge is 0.343 e. The molecular formula is C17H25NO2S. The maximum Gasteiger partial charge on any atom is 0.232 e. The predicted octanol–water partition coefficient (Wildman–Crippen LogP) is 3.88. The smallest absolute Gasteiger partial charge is 0.232 e. The van der Waals surface area contributed by atoms with Crippen molar-refractivity contribution in [3.63, 3.8) is 0 Å². The fourth-order valence-electron chi connectivity index (χ4n) is 2.04. The van der Waals surface area contributed by atoms with Gasteiger partial charge in [-0.25, -0.2) is 0 Å². The number of Topliss-reactive ketones (excluding diaryl/α,β-unsaturated/α-hetero) is 1. The summed E-state index contributed by atoms with van der Waals surface area (Å²) in [6, 6.07) is 7.56. The van der Waals surface area contributed by atoms with Crippen molar-refractivity contribution in [1.82, 2.24) is 4.90 Å². The summed E-state index contributed by atoms with van der Waals surface area (Å²) in [5.41, 5.74) is 0.753. The van der Waals surface area contributed by atoms with Gasteiger partial charge in [-0.3, -0.25) is 9.59 Å². The number of hydrogen-bond donors (Lipinski definition) is 0.